The molecule has 0 radical (unpaired) electrons. The lowest BCUT2D eigenvalue weighted by Crippen LogP contribution is -2.46. The number of nitrogens with one attached hydrogen (secondary N) is 1. The highest BCUT2D eigenvalue weighted by Gasteiger charge is 2.49. The molecule has 1 aliphatic rings. The number of halogens is 5. The Balaban J connectivity index is 1.93. The molecule has 1 aromatic carbocycles. The van der Waals surface area contributed by atoms with E-state index in [2.05, 4.69) is 15.3 Å². The Bertz CT molecular complexity index is 1030. The van der Waals surface area contributed by atoms with Gasteiger partial charge in [-0.05, 0) is 25.1 Å². The zero-order valence-corrected chi connectivity index (χ0v) is 16.3. The predicted octanol–water partition coefficient (Wildman–Crippen LogP) is 3.50. The average molecular weight is 444 g/mol. The van der Waals surface area contributed by atoms with Crippen LogP contribution in [0.2, 0.25) is 0 Å². The largest absolute Gasteiger partial charge is 0.495 e. The fourth-order valence-corrected chi connectivity index (χ4v) is 3.10. The lowest BCUT2D eigenvalue weighted by molar-refractivity contribution is -0.164. The molecule has 12 heteroatoms. The van der Waals surface area contributed by atoms with Crippen molar-refractivity contribution in [1.82, 2.24) is 4.98 Å². The number of hydrogen-bond acceptors (Lipinski definition) is 6. The topological polar surface area (TPSA) is 98.8 Å². The van der Waals surface area contributed by atoms with Crippen molar-refractivity contribution in [2.24, 2.45) is 10.7 Å². The van der Waals surface area contributed by atoms with Crippen LogP contribution in [0.15, 0.2) is 35.5 Å². The van der Waals surface area contributed by atoms with E-state index in [1.165, 1.54) is 25.4 Å². The third-order valence-electron chi connectivity index (χ3n) is 4.63. The molecule has 7 nitrogen and oxygen atoms in total. The number of pyridine rings is 1. The first-order valence-electron chi connectivity index (χ1n) is 8.83. The molecular formula is C19H17F5N4O3. The number of ether oxygens (including phenoxy) is 2. The van der Waals surface area contributed by atoms with Crippen molar-refractivity contribution in [3.8, 4) is 5.75 Å². The van der Waals surface area contributed by atoms with Gasteiger partial charge in [-0.1, -0.05) is 0 Å². The summed E-state index contributed by atoms with van der Waals surface area (Å²) in [5, 5.41) is 2.32. The molecule has 0 aliphatic carbocycles. The molecule has 3 N–H and O–H groups in total. The van der Waals surface area contributed by atoms with Crippen LogP contribution in [0.5, 0.6) is 5.75 Å². The van der Waals surface area contributed by atoms with E-state index in [1.54, 1.807) is 0 Å². The van der Waals surface area contributed by atoms with E-state index in [4.69, 9.17) is 15.2 Å². The summed E-state index contributed by atoms with van der Waals surface area (Å²) in [5.41, 5.74) is 2.55. The fraction of sp³-hybridized carbons (Fsp3) is 0.316. The summed E-state index contributed by atoms with van der Waals surface area (Å²) >= 11 is 0. The molecule has 0 saturated carbocycles. The highest BCUT2D eigenvalue weighted by molar-refractivity contribution is 6.02. The van der Waals surface area contributed by atoms with Gasteiger partial charge in [0.2, 0.25) is 0 Å². The molecule has 0 saturated heterocycles. The smallest absolute Gasteiger partial charge is 0.411 e. The maximum absolute atomic E-state index is 14.5. The van der Waals surface area contributed by atoms with Crippen LogP contribution in [0, 0.1) is 11.6 Å². The van der Waals surface area contributed by atoms with Crippen LogP contribution in [0.25, 0.3) is 0 Å². The number of rotatable bonds is 4. The number of aromatic nitrogens is 1. The van der Waals surface area contributed by atoms with Crippen molar-refractivity contribution in [1.29, 1.82) is 0 Å². The standard InChI is InChI=1S/C19H17F5N4O3/c1-18(7-14(19(22,23)24)28-17(25)31-18)11-5-9(6-12(20)15(11)21)27-16(29)13-4-3-10(30-2)8-26-13/h3-6,8,14H,7H2,1-2H3,(H2,25,28)(H,27,29)/t14-,18-/m0/s1. The molecule has 2 aromatic rings. The van der Waals surface area contributed by atoms with Gasteiger partial charge in [0.1, 0.15) is 17.0 Å². The molecular weight excluding hydrogens is 427 g/mol. The number of anilines is 1. The van der Waals surface area contributed by atoms with Gasteiger partial charge in [-0.2, -0.15) is 13.2 Å². The van der Waals surface area contributed by atoms with Crippen molar-refractivity contribution in [2.45, 2.75) is 31.2 Å². The van der Waals surface area contributed by atoms with Crippen molar-refractivity contribution in [3.05, 3.63) is 53.4 Å². The number of amides is 1. The number of aliphatic imine (C=N–C) groups is 1. The van der Waals surface area contributed by atoms with Crippen molar-refractivity contribution < 1.29 is 36.2 Å². The van der Waals surface area contributed by atoms with Gasteiger partial charge in [-0.25, -0.2) is 18.8 Å². The van der Waals surface area contributed by atoms with Gasteiger partial charge in [0.05, 0.1) is 13.3 Å². The Kier molecular flexibility index (Phi) is 5.74. The molecule has 1 aliphatic heterocycles. The van der Waals surface area contributed by atoms with Crippen molar-refractivity contribution in [2.75, 3.05) is 12.4 Å². The molecule has 3 rings (SSSR count). The maximum atomic E-state index is 14.5. The summed E-state index contributed by atoms with van der Waals surface area (Å²) in [6.45, 7) is 1.13. The maximum Gasteiger partial charge on any atom is 0.411 e. The van der Waals surface area contributed by atoms with E-state index < -0.39 is 53.4 Å². The fourth-order valence-electron chi connectivity index (χ4n) is 3.10. The third kappa shape index (κ3) is 4.67. The first-order valence-corrected chi connectivity index (χ1v) is 8.83. The first kappa shape index (κ1) is 22.2. The highest BCUT2D eigenvalue weighted by Crippen LogP contribution is 2.41. The Hall–Kier alpha value is -3.44. The first-order chi connectivity index (χ1) is 14.4. The van der Waals surface area contributed by atoms with Crippen LogP contribution in [0.3, 0.4) is 0 Å². The average Bonchev–Trinajstić information content (AvgIpc) is 2.69. The van der Waals surface area contributed by atoms with Gasteiger partial charge >= 0.3 is 6.18 Å². The van der Waals surface area contributed by atoms with Crippen LogP contribution in [0.1, 0.15) is 29.4 Å². The van der Waals surface area contributed by atoms with E-state index >= 15 is 0 Å². The minimum atomic E-state index is -4.77. The Morgan fingerprint density at radius 1 is 1.32 bits per heavy atom. The van der Waals surface area contributed by atoms with Gasteiger partial charge in [0, 0.05) is 23.7 Å². The molecule has 0 fully saturated rings. The number of carbonyl (C=O) groups is 1. The third-order valence-corrected chi connectivity index (χ3v) is 4.63. The van der Waals surface area contributed by atoms with Gasteiger partial charge in [0.15, 0.2) is 17.7 Å². The number of amidine groups is 1. The molecule has 31 heavy (non-hydrogen) atoms. The van der Waals surface area contributed by atoms with Crippen LogP contribution < -0.4 is 15.8 Å². The second-order valence-corrected chi connectivity index (χ2v) is 6.92. The van der Waals surface area contributed by atoms with Crippen molar-refractivity contribution >= 4 is 17.6 Å². The molecule has 2 heterocycles. The molecule has 0 spiro atoms. The van der Waals surface area contributed by atoms with Gasteiger partial charge in [-0.3, -0.25) is 4.79 Å². The summed E-state index contributed by atoms with van der Waals surface area (Å²) in [7, 11) is 1.41. The van der Waals surface area contributed by atoms with E-state index in [9.17, 15) is 26.7 Å². The normalized spacial score (nSPS) is 21.1. The molecule has 1 amide bonds. The SMILES string of the molecule is COc1ccc(C(=O)Nc2cc(F)c(F)c([C@]3(C)C[C@@H](C(F)(F)F)N=C(N)O3)c2)nc1. The van der Waals surface area contributed by atoms with Gasteiger partial charge in [-0.15, -0.1) is 0 Å². The van der Waals surface area contributed by atoms with Crippen LogP contribution >= 0.6 is 0 Å². The Morgan fingerprint density at radius 3 is 2.61 bits per heavy atom. The summed E-state index contributed by atoms with van der Waals surface area (Å²) in [6, 6.07) is 1.39. The van der Waals surface area contributed by atoms with E-state index in [0.29, 0.717) is 11.8 Å². The van der Waals surface area contributed by atoms with Crippen LogP contribution in [-0.2, 0) is 10.3 Å². The Morgan fingerprint density at radius 2 is 2.03 bits per heavy atom. The molecule has 1 aromatic heterocycles. The summed E-state index contributed by atoms with van der Waals surface area (Å²) in [5.74, 6) is -3.19. The quantitative estimate of drug-likeness (QED) is 0.704. The van der Waals surface area contributed by atoms with Gasteiger partial charge in [0.25, 0.3) is 11.9 Å². The van der Waals surface area contributed by atoms with Crippen molar-refractivity contribution in [3.63, 3.8) is 0 Å². The number of benzene rings is 1. The van der Waals surface area contributed by atoms with E-state index in [-0.39, 0.29) is 11.4 Å². The van der Waals surface area contributed by atoms with E-state index in [0.717, 1.165) is 13.0 Å². The molecule has 0 unspecified atom stereocenters. The zero-order chi connectivity index (χ0) is 23.0. The molecule has 0 bridgehead atoms. The number of hydrogen-bond donors (Lipinski definition) is 2. The summed E-state index contributed by atoms with van der Waals surface area (Å²) in [4.78, 5) is 19.4. The lowest BCUT2D eigenvalue weighted by atomic mass is 9.87. The number of methoxy groups -OCH3 is 1. The lowest BCUT2D eigenvalue weighted by Gasteiger charge is -2.37. The minimum Gasteiger partial charge on any atom is -0.495 e. The number of nitrogens with zero attached hydrogens (tertiary/aromatic N) is 2. The second kappa shape index (κ2) is 8.00. The van der Waals surface area contributed by atoms with Crippen LogP contribution in [-0.4, -0.2) is 36.2 Å². The summed E-state index contributed by atoms with van der Waals surface area (Å²) in [6.07, 6.45) is -4.33. The molecule has 166 valence electrons. The highest BCUT2D eigenvalue weighted by atomic mass is 19.4. The second-order valence-electron chi connectivity index (χ2n) is 6.92. The minimum absolute atomic E-state index is 0.0549. The van der Waals surface area contributed by atoms with Crippen LogP contribution in [0.4, 0.5) is 27.6 Å². The van der Waals surface area contributed by atoms with E-state index in [1.807, 2.05) is 0 Å². The Labute approximate surface area is 173 Å². The monoisotopic (exact) mass is 444 g/mol. The molecule has 2 atom stereocenters. The zero-order valence-electron chi connectivity index (χ0n) is 16.3. The summed E-state index contributed by atoms with van der Waals surface area (Å²) < 4.78 is 78.5. The number of carbonyl (C=O) groups excluding carboxylic acids is 1. The number of nitrogens with two attached hydrogens (primary N) is 1. The number of alkyl halides is 3. The predicted molar refractivity (Wildman–Crippen MR) is 99.6 cm³/mol. The van der Waals surface area contributed by atoms with Gasteiger partial charge < -0.3 is 20.5 Å².